The molecule has 0 spiro atoms. The number of carbonyl (C=O) groups is 1. The SMILES string of the molecule is O=Cc1cc(F)c([N+](=O)[O-])cc1B(O)O. The van der Waals surface area contributed by atoms with Crippen LogP contribution in [0.3, 0.4) is 0 Å². The van der Waals surface area contributed by atoms with Gasteiger partial charge in [-0.15, -0.1) is 0 Å². The van der Waals surface area contributed by atoms with Crippen LogP contribution < -0.4 is 5.46 Å². The number of halogens is 1. The number of hydrogen-bond acceptors (Lipinski definition) is 5. The fourth-order valence-electron chi connectivity index (χ4n) is 1.06. The van der Waals surface area contributed by atoms with E-state index < -0.39 is 29.0 Å². The van der Waals surface area contributed by atoms with Gasteiger partial charge in [0.2, 0.25) is 5.82 Å². The van der Waals surface area contributed by atoms with E-state index >= 15 is 0 Å². The first-order valence-electron chi connectivity index (χ1n) is 3.76. The Morgan fingerprint density at radius 1 is 1.47 bits per heavy atom. The predicted molar refractivity (Wildman–Crippen MR) is 48.3 cm³/mol. The lowest BCUT2D eigenvalue weighted by atomic mass is 9.77. The highest BCUT2D eigenvalue weighted by atomic mass is 19.1. The van der Waals surface area contributed by atoms with Gasteiger partial charge < -0.3 is 10.0 Å². The summed E-state index contributed by atoms with van der Waals surface area (Å²) in [5.41, 5.74) is -1.66. The zero-order valence-electron chi connectivity index (χ0n) is 7.25. The molecule has 0 bridgehead atoms. The molecule has 8 heteroatoms. The van der Waals surface area contributed by atoms with Crippen molar-refractivity contribution in [3.05, 3.63) is 33.6 Å². The summed E-state index contributed by atoms with van der Waals surface area (Å²) in [7, 11) is -2.07. The maximum Gasteiger partial charge on any atom is 0.489 e. The Kier molecular flexibility index (Phi) is 3.12. The van der Waals surface area contributed by atoms with Gasteiger partial charge in [-0.05, 0) is 11.5 Å². The third-order valence-electron chi connectivity index (χ3n) is 1.75. The van der Waals surface area contributed by atoms with Crippen LogP contribution >= 0.6 is 0 Å². The fraction of sp³-hybridized carbons (Fsp3) is 0. The summed E-state index contributed by atoms with van der Waals surface area (Å²) in [6, 6.07) is 1.20. The minimum absolute atomic E-state index is 0.182. The van der Waals surface area contributed by atoms with Gasteiger partial charge in [0.25, 0.3) is 0 Å². The number of carbonyl (C=O) groups excluding carboxylic acids is 1. The molecule has 1 rings (SSSR count). The van der Waals surface area contributed by atoms with Crippen molar-refractivity contribution in [3.63, 3.8) is 0 Å². The molecule has 0 atom stereocenters. The average Bonchev–Trinajstić information content (AvgIpc) is 2.16. The second-order valence-electron chi connectivity index (χ2n) is 2.68. The number of nitro groups is 1. The van der Waals surface area contributed by atoms with Crippen LogP contribution in [0.15, 0.2) is 12.1 Å². The highest BCUT2D eigenvalue weighted by Gasteiger charge is 2.23. The van der Waals surface area contributed by atoms with Crippen LogP contribution in [-0.4, -0.2) is 28.4 Å². The second-order valence-corrected chi connectivity index (χ2v) is 2.68. The van der Waals surface area contributed by atoms with Gasteiger partial charge in [0, 0.05) is 11.6 Å². The van der Waals surface area contributed by atoms with Crippen molar-refractivity contribution in [1.82, 2.24) is 0 Å². The molecule has 0 amide bonds. The molecule has 78 valence electrons. The largest absolute Gasteiger partial charge is 0.489 e. The molecule has 6 nitrogen and oxygen atoms in total. The normalized spacial score (nSPS) is 9.80. The quantitative estimate of drug-likeness (QED) is 0.297. The molecular formula is C7H5BFNO5. The summed E-state index contributed by atoms with van der Waals surface area (Å²) in [4.78, 5) is 19.7. The smallest absolute Gasteiger partial charge is 0.423 e. The molecule has 0 unspecified atom stereocenters. The fourth-order valence-corrected chi connectivity index (χ4v) is 1.06. The number of rotatable bonds is 3. The van der Waals surface area contributed by atoms with Crippen molar-refractivity contribution in [1.29, 1.82) is 0 Å². The van der Waals surface area contributed by atoms with Crippen LogP contribution in [0.25, 0.3) is 0 Å². The maximum absolute atomic E-state index is 13.0. The van der Waals surface area contributed by atoms with Crippen LogP contribution in [-0.2, 0) is 0 Å². The summed E-state index contributed by atoms with van der Waals surface area (Å²) in [5.74, 6) is -1.20. The number of nitro benzene ring substituents is 1. The van der Waals surface area contributed by atoms with Crippen LogP contribution in [0.5, 0.6) is 0 Å². The van der Waals surface area contributed by atoms with Gasteiger partial charge in [-0.25, -0.2) is 0 Å². The van der Waals surface area contributed by atoms with E-state index in [0.717, 1.165) is 0 Å². The summed E-state index contributed by atoms with van der Waals surface area (Å²) in [6.07, 6.45) is 0.182. The Morgan fingerprint density at radius 2 is 2.07 bits per heavy atom. The first kappa shape index (κ1) is 11.3. The molecule has 0 aromatic heterocycles. The van der Waals surface area contributed by atoms with Crippen molar-refractivity contribution >= 4 is 24.6 Å². The first-order valence-corrected chi connectivity index (χ1v) is 3.76. The molecule has 0 aliphatic heterocycles. The highest BCUT2D eigenvalue weighted by molar-refractivity contribution is 6.60. The van der Waals surface area contributed by atoms with Crippen molar-refractivity contribution < 1.29 is 24.2 Å². The topological polar surface area (TPSA) is 101 Å². The van der Waals surface area contributed by atoms with Crippen LogP contribution in [0.2, 0.25) is 0 Å². The van der Waals surface area contributed by atoms with E-state index in [1.807, 2.05) is 0 Å². The Balaban J connectivity index is 3.43. The van der Waals surface area contributed by atoms with E-state index in [0.29, 0.717) is 12.1 Å². The van der Waals surface area contributed by atoms with Crippen LogP contribution in [0.1, 0.15) is 10.4 Å². The summed E-state index contributed by atoms with van der Waals surface area (Å²) < 4.78 is 13.0. The molecule has 0 fully saturated rings. The lowest BCUT2D eigenvalue weighted by molar-refractivity contribution is -0.387. The van der Waals surface area contributed by atoms with Gasteiger partial charge in [-0.2, -0.15) is 4.39 Å². The minimum Gasteiger partial charge on any atom is -0.423 e. The first-order chi connectivity index (χ1) is 6.97. The number of aldehydes is 1. The molecule has 1 aromatic rings. The molecule has 0 saturated heterocycles. The molecule has 15 heavy (non-hydrogen) atoms. The number of benzene rings is 1. The second kappa shape index (κ2) is 4.15. The molecule has 0 aliphatic rings. The Bertz CT molecular complexity index is 422. The summed E-state index contributed by atoms with van der Waals surface area (Å²) >= 11 is 0. The van der Waals surface area contributed by atoms with E-state index in [9.17, 15) is 19.3 Å². The van der Waals surface area contributed by atoms with Crippen molar-refractivity contribution in [2.24, 2.45) is 0 Å². The van der Waals surface area contributed by atoms with Crippen LogP contribution in [0.4, 0.5) is 10.1 Å². The third-order valence-corrected chi connectivity index (χ3v) is 1.75. The van der Waals surface area contributed by atoms with Gasteiger partial charge in [0.15, 0.2) is 0 Å². The predicted octanol–water partition coefficient (Wildman–Crippen LogP) is -0.774. The molecule has 1 aromatic carbocycles. The van der Waals surface area contributed by atoms with Gasteiger partial charge in [-0.3, -0.25) is 14.9 Å². The van der Waals surface area contributed by atoms with E-state index in [1.165, 1.54) is 0 Å². The molecule has 0 aliphatic carbocycles. The minimum atomic E-state index is -2.07. The van der Waals surface area contributed by atoms with E-state index in [-0.39, 0.29) is 11.8 Å². The number of hydrogen-bond donors (Lipinski definition) is 2. The molecule has 0 radical (unpaired) electrons. The molecule has 2 N–H and O–H groups in total. The van der Waals surface area contributed by atoms with E-state index in [4.69, 9.17) is 10.0 Å². The van der Waals surface area contributed by atoms with Crippen molar-refractivity contribution in [2.75, 3.05) is 0 Å². The standard InChI is InChI=1S/C7H5BFNO5/c9-6-1-4(3-11)5(8(12)13)2-7(6)10(14)15/h1-3,12-13H. The molecular weight excluding hydrogens is 208 g/mol. The Hall–Kier alpha value is -1.80. The zero-order valence-corrected chi connectivity index (χ0v) is 7.25. The molecule has 0 heterocycles. The Labute approximate surface area is 83.3 Å². The van der Waals surface area contributed by atoms with Gasteiger partial charge in [0.1, 0.15) is 6.29 Å². The third kappa shape index (κ3) is 2.17. The average molecular weight is 213 g/mol. The highest BCUT2D eigenvalue weighted by Crippen LogP contribution is 2.16. The van der Waals surface area contributed by atoms with Crippen LogP contribution in [0, 0.1) is 15.9 Å². The summed E-state index contributed by atoms with van der Waals surface area (Å²) in [5, 5.41) is 27.9. The monoisotopic (exact) mass is 213 g/mol. The number of nitrogens with zero attached hydrogens (tertiary/aromatic N) is 1. The maximum atomic E-state index is 13.0. The van der Waals surface area contributed by atoms with Gasteiger partial charge >= 0.3 is 12.8 Å². The van der Waals surface area contributed by atoms with E-state index in [2.05, 4.69) is 0 Å². The zero-order chi connectivity index (χ0) is 11.6. The van der Waals surface area contributed by atoms with Crippen molar-refractivity contribution in [2.45, 2.75) is 0 Å². The summed E-state index contributed by atoms with van der Waals surface area (Å²) in [6.45, 7) is 0. The van der Waals surface area contributed by atoms with Crippen molar-refractivity contribution in [3.8, 4) is 0 Å². The van der Waals surface area contributed by atoms with Gasteiger partial charge in [-0.1, -0.05) is 0 Å². The molecule has 0 saturated carbocycles. The van der Waals surface area contributed by atoms with E-state index in [1.54, 1.807) is 0 Å². The lowest BCUT2D eigenvalue weighted by Gasteiger charge is -2.03. The Morgan fingerprint density at radius 3 is 2.47 bits per heavy atom. The van der Waals surface area contributed by atoms with Gasteiger partial charge in [0.05, 0.1) is 4.92 Å². The lowest BCUT2D eigenvalue weighted by Crippen LogP contribution is -2.33.